The number of hydrogen-bond acceptors (Lipinski definition) is 5. The van der Waals surface area contributed by atoms with Crippen LogP contribution in [-0.2, 0) is 13.0 Å². The molecule has 0 radical (unpaired) electrons. The Morgan fingerprint density at radius 2 is 1.83 bits per heavy atom. The first-order valence-electron chi connectivity index (χ1n) is 14.1. The van der Waals surface area contributed by atoms with E-state index < -0.39 is 17.2 Å². The Morgan fingerprint density at radius 1 is 1.07 bits per heavy atom. The lowest BCUT2D eigenvalue weighted by Crippen LogP contribution is -2.33. The molecule has 9 nitrogen and oxygen atoms in total. The van der Waals surface area contributed by atoms with Gasteiger partial charge in [-0.1, -0.05) is 36.8 Å². The van der Waals surface area contributed by atoms with E-state index in [-0.39, 0.29) is 23.7 Å². The number of carbonyl (C=O) groups excluding carboxylic acids is 1. The molecule has 1 aliphatic carbocycles. The summed E-state index contributed by atoms with van der Waals surface area (Å²) in [6, 6.07) is 17.5. The van der Waals surface area contributed by atoms with Crippen molar-refractivity contribution in [3.8, 4) is 0 Å². The normalized spacial score (nSPS) is 14.1. The zero-order chi connectivity index (χ0) is 29.4. The fraction of sp³-hybridized carbons (Fsp3) is 0.281. The van der Waals surface area contributed by atoms with E-state index in [4.69, 9.17) is 4.98 Å². The van der Waals surface area contributed by atoms with Crippen LogP contribution in [0.2, 0.25) is 0 Å². The molecule has 0 saturated heterocycles. The summed E-state index contributed by atoms with van der Waals surface area (Å²) in [5.74, 6) is -0.174. The van der Waals surface area contributed by atoms with Crippen molar-refractivity contribution in [1.82, 2.24) is 24.5 Å². The van der Waals surface area contributed by atoms with Gasteiger partial charge in [-0.15, -0.1) is 0 Å². The summed E-state index contributed by atoms with van der Waals surface area (Å²) < 4.78 is 16.4. The third kappa shape index (κ3) is 5.27. The van der Waals surface area contributed by atoms with E-state index in [2.05, 4.69) is 15.0 Å². The second kappa shape index (κ2) is 11.2. The highest BCUT2D eigenvalue weighted by molar-refractivity contribution is 6.05. The van der Waals surface area contributed by atoms with Gasteiger partial charge in [0, 0.05) is 37.1 Å². The number of anilines is 1. The molecule has 214 valence electrons. The van der Waals surface area contributed by atoms with E-state index in [1.54, 1.807) is 48.5 Å². The molecule has 0 spiro atoms. The molecule has 2 aromatic carbocycles. The van der Waals surface area contributed by atoms with Crippen LogP contribution >= 0.6 is 0 Å². The molecule has 0 aliphatic heterocycles. The molecular formula is C32H31FN6O3. The van der Waals surface area contributed by atoms with Gasteiger partial charge < -0.3 is 9.88 Å². The lowest BCUT2D eigenvalue weighted by Gasteiger charge is -2.25. The number of halogens is 1. The molecule has 5 aromatic rings. The number of fused-ring (bicyclic) bond motifs is 1. The van der Waals surface area contributed by atoms with Crippen LogP contribution in [-0.4, -0.2) is 37.5 Å². The van der Waals surface area contributed by atoms with Crippen molar-refractivity contribution in [3.63, 3.8) is 0 Å². The summed E-state index contributed by atoms with van der Waals surface area (Å²) in [6.07, 6.45) is 5.01. The van der Waals surface area contributed by atoms with E-state index in [1.165, 1.54) is 10.6 Å². The molecule has 10 heteroatoms. The average Bonchev–Trinajstić information content (AvgIpc) is 3.41. The number of pyridine rings is 1. The highest BCUT2D eigenvalue weighted by Gasteiger charge is 2.25. The summed E-state index contributed by atoms with van der Waals surface area (Å²) in [5.41, 5.74) is 2.78. The molecule has 1 aliphatic rings. The SMILES string of the molecule is Cc1ccc(C(=O)N(C)c2ccc(C(Cc3ccccc3F)c3nc4c([nH]3)c(=O)[nH]c(=O)n4CC3CCC3)cc2)cn1. The maximum absolute atomic E-state index is 14.8. The van der Waals surface area contributed by atoms with Crippen molar-refractivity contribution in [1.29, 1.82) is 0 Å². The van der Waals surface area contributed by atoms with Crippen LogP contribution in [0.25, 0.3) is 11.2 Å². The maximum atomic E-state index is 14.8. The molecule has 42 heavy (non-hydrogen) atoms. The van der Waals surface area contributed by atoms with Gasteiger partial charge in [0.05, 0.1) is 5.56 Å². The van der Waals surface area contributed by atoms with Crippen molar-refractivity contribution in [2.24, 2.45) is 5.92 Å². The molecule has 1 saturated carbocycles. The number of benzene rings is 2. The van der Waals surface area contributed by atoms with Gasteiger partial charge in [-0.05, 0) is 73.6 Å². The quantitative estimate of drug-likeness (QED) is 0.282. The summed E-state index contributed by atoms with van der Waals surface area (Å²) in [4.78, 5) is 54.7. The van der Waals surface area contributed by atoms with Crippen LogP contribution in [0.5, 0.6) is 0 Å². The predicted octanol–water partition coefficient (Wildman–Crippen LogP) is 4.71. The largest absolute Gasteiger partial charge is 0.336 e. The number of nitrogens with one attached hydrogen (secondary N) is 2. The van der Waals surface area contributed by atoms with Crippen molar-refractivity contribution >= 4 is 22.8 Å². The molecule has 1 amide bonds. The molecule has 3 heterocycles. The average molecular weight is 567 g/mol. The highest BCUT2D eigenvalue weighted by atomic mass is 19.1. The molecule has 6 rings (SSSR count). The number of aromatic nitrogens is 5. The molecule has 2 N–H and O–H groups in total. The van der Waals surface area contributed by atoms with Gasteiger partial charge >= 0.3 is 5.69 Å². The molecule has 1 unspecified atom stereocenters. The summed E-state index contributed by atoms with van der Waals surface area (Å²) in [6.45, 7) is 2.35. The lowest BCUT2D eigenvalue weighted by atomic mass is 9.85. The fourth-order valence-corrected chi connectivity index (χ4v) is 5.42. The van der Waals surface area contributed by atoms with Gasteiger partial charge in [0.15, 0.2) is 5.65 Å². The monoisotopic (exact) mass is 566 g/mol. The fourth-order valence-electron chi connectivity index (χ4n) is 5.42. The molecule has 3 aromatic heterocycles. The van der Waals surface area contributed by atoms with E-state index in [0.717, 1.165) is 30.5 Å². The Morgan fingerprint density at radius 3 is 2.50 bits per heavy atom. The molecule has 0 bridgehead atoms. The van der Waals surface area contributed by atoms with Crippen LogP contribution in [0.1, 0.15) is 58.2 Å². The van der Waals surface area contributed by atoms with Crippen LogP contribution in [0.3, 0.4) is 0 Å². The van der Waals surface area contributed by atoms with E-state index in [1.807, 2.05) is 31.2 Å². The number of nitrogens with zero attached hydrogens (tertiary/aromatic N) is 4. The first kappa shape index (κ1) is 27.3. The number of rotatable bonds is 8. The molecule has 1 fully saturated rings. The van der Waals surface area contributed by atoms with E-state index in [0.29, 0.717) is 40.7 Å². The Labute approximate surface area is 241 Å². The van der Waals surface area contributed by atoms with E-state index >= 15 is 0 Å². The minimum Gasteiger partial charge on any atom is -0.336 e. The Kier molecular flexibility index (Phi) is 7.28. The van der Waals surface area contributed by atoms with Crippen molar-refractivity contribution in [2.75, 3.05) is 11.9 Å². The second-order valence-electron chi connectivity index (χ2n) is 11.0. The third-order valence-electron chi connectivity index (χ3n) is 8.17. The lowest BCUT2D eigenvalue weighted by molar-refractivity contribution is 0.0992. The number of carbonyl (C=O) groups is 1. The van der Waals surface area contributed by atoms with Crippen molar-refractivity contribution in [2.45, 2.75) is 45.1 Å². The smallest absolute Gasteiger partial charge is 0.330 e. The van der Waals surface area contributed by atoms with Crippen LogP contribution < -0.4 is 16.1 Å². The van der Waals surface area contributed by atoms with E-state index in [9.17, 15) is 18.8 Å². The minimum absolute atomic E-state index is 0.195. The molecule has 1 atom stereocenters. The van der Waals surface area contributed by atoms with Gasteiger partial charge in [-0.2, -0.15) is 0 Å². The van der Waals surface area contributed by atoms with Gasteiger partial charge in [-0.25, -0.2) is 14.2 Å². The first-order valence-corrected chi connectivity index (χ1v) is 14.1. The first-order chi connectivity index (χ1) is 20.3. The van der Waals surface area contributed by atoms with Gasteiger partial charge in [0.2, 0.25) is 0 Å². The number of imidazole rings is 1. The van der Waals surface area contributed by atoms with Gasteiger partial charge in [0.1, 0.15) is 17.2 Å². The Hall–Kier alpha value is -4.86. The summed E-state index contributed by atoms with van der Waals surface area (Å²) in [7, 11) is 1.70. The highest BCUT2D eigenvalue weighted by Crippen LogP contribution is 2.31. The standard InChI is InChI=1S/C32H31FN6O3/c1-19-10-11-23(17-34-19)31(41)38(2)24-14-12-21(13-15-24)25(16-22-8-3-4-9-26(22)33)28-35-27-29(36-28)39(18-20-6-5-7-20)32(42)37-30(27)40/h3-4,8-15,17,20,25H,5-7,16,18H2,1-2H3,(H,35,36)(H,37,40,42). The number of aryl methyl sites for hydroxylation is 1. The maximum Gasteiger partial charge on any atom is 0.330 e. The summed E-state index contributed by atoms with van der Waals surface area (Å²) in [5, 5.41) is 0. The third-order valence-corrected chi connectivity index (χ3v) is 8.17. The molecular weight excluding hydrogens is 535 g/mol. The van der Waals surface area contributed by atoms with Crippen molar-refractivity contribution in [3.05, 3.63) is 122 Å². The van der Waals surface area contributed by atoms with Gasteiger partial charge in [0.25, 0.3) is 11.5 Å². The van der Waals surface area contributed by atoms with Crippen molar-refractivity contribution < 1.29 is 9.18 Å². The number of hydrogen-bond donors (Lipinski definition) is 2. The zero-order valence-electron chi connectivity index (χ0n) is 23.4. The van der Waals surface area contributed by atoms with Gasteiger partial charge in [-0.3, -0.25) is 24.1 Å². The Balaban J connectivity index is 1.38. The zero-order valence-corrected chi connectivity index (χ0v) is 23.4. The van der Waals surface area contributed by atoms with Crippen LogP contribution in [0, 0.1) is 18.7 Å². The minimum atomic E-state index is -0.538. The predicted molar refractivity (Wildman–Crippen MR) is 158 cm³/mol. The topological polar surface area (TPSA) is 117 Å². The van der Waals surface area contributed by atoms with Crippen LogP contribution in [0.15, 0.2) is 76.4 Å². The van der Waals surface area contributed by atoms with Crippen LogP contribution in [0.4, 0.5) is 10.1 Å². The second-order valence-corrected chi connectivity index (χ2v) is 11.0. The number of amides is 1. The summed E-state index contributed by atoms with van der Waals surface area (Å²) >= 11 is 0. The number of aromatic amines is 2. The Bertz CT molecular complexity index is 1870. The number of H-pyrrole nitrogens is 2.